The molecule has 8 nitrogen and oxygen atoms in total. The zero-order chi connectivity index (χ0) is 22.7. The van der Waals surface area contributed by atoms with Crippen molar-refractivity contribution in [3.8, 4) is 0 Å². The lowest BCUT2D eigenvalue weighted by molar-refractivity contribution is -0.192. The molecule has 1 atom stereocenters. The van der Waals surface area contributed by atoms with Gasteiger partial charge in [0.2, 0.25) is 0 Å². The molecule has 0 amide bonds. The lowest BCUT2D eigenvalue weighted by Crippen LogP contribution is -2.25. The molecule has 2 N–H and O–H groups in total. The van der Waals surface area contributed by atoms with Crippen molar-refractivity contribution >= 4 is 28.8 Å². The van der Waals surface area contributed by atoms with Crippen LogP contribution in [0, 0.1) is 0 Å². The summed E-state index contributed by atoms with van der Waals surface area (Å²) in [7, 11) is 0. The largest absolute Gasteiger partial charge is 0.490 e. The number of carbonyl (C=O) groups excluding carboxylic acids is 2. The molecule has 12 heteroatoms. The number of nitrogens with zero attached hydrogens (tertiary/aromatic N) is 2. The van der Waals surface area contributed by atoms with E-state index in [1.165, 1.54) is 17.3 Å². The molecule has 0 saturated heterocycles. The van der Waals surface area contributed by atoms with Crippen LogP contribution in [0.25, 0.3) is 0 Å². The molecule has 0 spiro atoms. The molecule has 1 aromatic heterocycles. The maximum Gasteiger partial charge on any atom is 0.490 e. The summed E-state index contributed by atoms with van der Waals surface area (Å²) < 4.78 is 38.4. The Morgan fingerprint density at radius 2 is 2.07 bits per heavy atom. The van der Waals surface area contributed by atoms with Gasteiger partial charge in [0.15, 0.2) is 5.12 Å². The number of hydrogen-bond donors (Lipinski definition) is 2. The van der Waals surface area contributed by atoms with E-state index in [-0.39, 0.29) is 16.3 Å². The van der Waals surface area contributed by atoms with Crippen LogP contribution in [0.1, 0.15) is 37.6 Å². The third-order valence-electron chi connectivity index (χ3n) is 3.70. The zero-order valence-electron chi connectivity index (χ0n) is 16.6. The quantitative estimate of drug-likeness (QED) is 0.481. The Morgan fingerprint density at radius 1 is 1.40 bits per heavy atom. The second kappa shape index (κ2) is 12.4. The maximum atomic E-state index is 11.6. The van der Waals surface area contributed by atoms with Crippen molar-refractivity contribution in [2.24, 2.45) is 0 Å². The van der Waals surface area contributed by atoms with Crippen LogP contribution in [-0.2, 0) is 25.7 Å². The van der Waals surface area contributed by atoms with Gasteiger partial charge in [-0.05, 0) is 31.5 Å². The molecule has 0 aromatic carbocycles. The first kappa shape index (κ1) is 25.7. The summed E-state index contributed by atoms with van der Waals surface area (Å²) in [5.41, 5.74) is 2.04. The Morgan fingerprint density at radius 3 is 2.57 bits per heavy atom. The van der Waals surface area contributed by atoms with Crippen molar-refractivity contribution in [2.45, 2.75) is 44.7 Å². The summed E-state index contributed by atoms with van der Waals surface area (Å²) in [6.07, 6.45) is 0.214. The highest BCUT2D eigenvalue weighted by atomic mass is 32.2. The van der Waals surface area contributed by atoms with Gasteiger partial charge < -0.3 is 15.2 Å². The van der Waals surface area contributed by atoms with Gasteiger partial charge >= 0.3 is 18.1 Å². The van der Waals surface area contributed by atoms with Crippen LogP contribution in [0.4, 0.5) is 13.2 Å². The van der Waals surface area contributed by atoms with Crippen LogP contribution in [0.3, 0.4) is 0 Å². The molecule has 1 unspecified atom stereocenters. The minimum absolute atomic E-state index is 0.0656. The first-order valence-electron chi connectivity index (χ1n) is 9.10. The topological polar surface area (TPSA) is 111 Å². The fourth-order valence-electron chi connectivity index (χ4n) is 2.44. The average molecular weight is 451 g/mol. The summed E-state index contributed by atoms with van der Waals surface area (Å²) in [5.74, 6) is -2.98. The van der Waals surface area contributed by atoms with Gasteiger partial charge in [0, 0.05) is 19.7 Å². The number of alkyl halides is 3. The molecule has 2 heterocycles. The van der Waals surface area contributed by atoms with E-state index in [4.69, 9.17) is 14.6 Å². The van der Waals surface area contributed by atoms with E-state index in [0.29, 0.717) is 19.6 Å². The van der Waals surface area contributed by atoms with Crippen LogP contribution in [-0.4, -0.2) is 57.8 Å². The van der Waals surface area contributed by atoms with Crippen molar-refractivity contribution in [3.63, 3.8) is 0 Å². The summed E-state index contributed by atoms with van der Waals surface area (Å²) in [4.78, 5) is 31.9. The lowest BCUT2D eigenvalue weighted by atomic mass is 10.1. The highest BCUT2D eigenvalue weighted by molar-refractivity contribution is 8.13. The number of aryl methyl sites for hydroxylation is 1. The molecular formula is C18H24F3N3O5S. The minimum Gasteiger partial charge on any atom is -0.475 e. The Kier molecular flexibility index (Phi) is 10.6. The maximum absolute atomic E-state index is 11.6. The zero-order valence-corrected chi connectivity index (χ0v) is 17.4. The van der Waals surface area contributed by atoms with E-state index in [2.05, 4.69) is 16.5 Å². The normalized spacial score (nSPS) is 14.8. The van der Waals surface area contributed by atoms with E-state index < -0.39 is 12.1 Å². The number of carbonyl (C=O) groups is 3. The third kappa shape index (κ3) is 9.44. The van der Waals surface area contributed by atoms with Crippen molar-refractivity contribution in [3.05, 3.63) is 29.6 Å². The van der Waals surface area contributed by atoms with E-state index in [0.717, 1.165) is 25.2 Å². The van der Waals surface area contributed by atoms with Gasteiger partial charge in [0.05, 0.1) is 30.5 Å². The number of carboxylic acid groups (broad SMARTS) is 1. The number of aromatic nitrogens is 2. The third-order valence-corrected chi connectivity index (χ3v) is 4.81. The highest BCUT2D eigenvalue weighted by Gasteiger charge is 2.38. The highest BCUT2D eigenvalue weighted by Crippen LogP contribution is 2.35. The first-order chi connectivity index (χ1) is 14.0. The second-order valence-electron chi connectivity index (χ2n) is 6.10. The van der Waals surface area contributed by atoms with Crippen LogP contribution in [0.2, 0.25) is 0 Å². The molecular weight excluding hydrogens is 427 g/mol. The van der Waals surface area contributed by atoms with Crippen molar-refractivity contribution in [2.75, 3.05) is 19.7 Å². The van der Waals surface area contributed by atoms with Crippen LogP contribution in [0.5, 0.6) is 0 Å². The molecule has 30 heavy (non-hydrogen) atoms. The second-order valence-corrected chi connectivity index (χ2v) is 7.38. The number of aliphatic carboxylic acids is 1. The molecule has 1 aliphatic heterocycles. The summed E-state index contributed by atoms with van der Waals surface area (Å²) in [6, 6.07) is 1.92. The Bertz CT molecular complexity index is 764. The monoisotopic (exact) mass is 451 g/mol. The Hall–Kier alpha value is -2.34. The van der Waals surface area contributed by atoms with E-state index in [1.807, 2.05) is 12.3 Å². The Labute approximate surface area is 175 Å². The fraction of sp³-hybridized carbons (Fsp3) is 0.556. The lowest BCUT2D eigenvalue weighted by Gasteiger charge is -2.21. The van der Waals surface area contributed by atoms with Crippen molar-refractivity contribution in [1.82, 2.24) is 15.1 Å². The van der Waals surface area contributed by atoms with Gasteiger partial charge in [-0.15, -0.1) is 0 Å². The van der Waals surface area contributed by atoms with E-state index >= 15 is 0 Å². The summed E-state index contributed by atoms with van der Waals surface area (Å²) in [6.45, 7) is 5.98. The molecule has 2 rings (SSSR count). The predicted octanol–water partition coefficient (Wildman–Crippen LogP) is 2.71. The summed E-state index contributed by atoms with van der Waals surface area (Å²) in [5, 5.41) is 15.0. The number of thioether (sulfide) groups is 1. The molecule has 0 saturated carbocycles. The van der Waals surface area contributed by atoms with Crippen molar-refractivity contribution in [1.29, 1.82) is 0 Å². The number of halogens is 3. The van der Waals surface area contributed by atoms with Gasteiger partial charge in [-0.25, -0.2) is 4.79 Å². The summed E-state index contributed by atoms with van der Waals surface area (Å²) >= 11 is 1.29. The van der Waals surface area contributed by atoms with Gasteiger partial charge in [-0.3, -0.25) is 14.3 Å². The van der Waals surface area contributed by atoms with Crippen LogP contribution in [0.15, 0.2) is 23.9 Å². The Balaban J connectivity index is 0.000000553. The van der Waals surface area contributed by atoms with Crippen molar-refractivity contribution < 1.29 is 37.4 Å². The first-order valence-corrected chi connectivity index (χ1v) is 9.98. The standard InChI is InChI=1S/C16H23N3O3S.C2HF3O2/c1-3-22-15(21)7-10-19-9-6-14(18-19)16(23-12(2)20)13-5-4-8-17-11-13;3-2(4,5)1(6)7/h5-6,9,16-17H,3-4,7-8,10-11H2,1-2H3;(H,6,7). The molecule has 0 bridgehead atoms. The van der Waals surface area contributed by atoms with Crippen LogP contribution >= 0.6 is 11.8 Å². The molecule has 0 fully saturated rings. The number of ether oxygens (including phenoxy) is 1. The van der Waals surface area contributed by atoms with Gasteiger partial charge in [-0.1, -0.05) is 17.8 Å². The number of rotatable bonds is 7. The van der Waals surface area contributed by atoms with E-state index in [9.17, 15) is 22.8 Å². The van der Waals surface area contributed by atoms with Gasteiger partial charge in [0.25, 0.3) is 0 Å². The molecule has 168 valence electrons. The van der Waals surface area contributed by atoms with Gasteiger partial charge in [-0.2, -0.15) is 18.3 Å². The molecule has 0 radical (unpaired) electrons. The predicted molar refractivity (Wildman–Crippen MR) is 104 cm³/mol. The minimum atomic E-state index is -5.08. The van der Waals surface area contributed by atoms with Crippen LogP contribution < -0.4 is 5.32 Å². The average Bonchev–Trinajstić information content (AvgIpc) is 3.14. The van der Waals surface area contributed by atoms with Gasteiger partial charge in [0.1, 0.15) is 0 Å². The molecule has 0 aliphatic carbocycles. The molecule has 1 aromatic rings. The van der Waals surface area contributed by atoms with E-state index in [1.54, 1.807) is 18.5 Å². The molecule has 1 aliphatic rings. The smallest absolute Gasteiger partial charge is 0.475 e. The SMILES string of the molecule is CCOC(=O)CCn1ccc(C(SC(C)=O)C2=CCCNC2)n1.O=C(O)C(F)(F)F. The number of carboxylic acids is 1. The number of esters is 1. The fourth-order valence-corrected chi connectivity index (χ4v) is 3.35. The number of nitrogens with one attached hydrogen (secondary N) is 1. The number of hydrogen-bond acceptors (Lipinski definition) is 7.